The summed E-state index contributed by atoms with van der Waals surface area (Å²) in [6.07, 6.45) is 6.50. The second-order valence-corrected chi connectivity index (χ2v) is 7.09. The van der Waals surface area contributed by atoms with Gasteiger partial charge in [0, 0.05) is 25.1 Å². The predicted octanol–water partition coefficient (Wildman–Crippen LogP) is 3.91. The molecule has 1 unspecified atom stereocenters. The molecule has 1 atom stereocenters. The highest BCUT2D eigenvalue weighted by molar-refractivity contribution is 5.85. The first-order valence-corrected chi connectivity index (χ1v) is 9.75. The van der Waals surface area contributed by atoms with Gasteiger partial charge in [-0.2, -0.15) is 4.98 Å². The first-order chi connectivity index (χ1) is 13.2. The summed E-state index contributed by atoms with van der Waals surface area (Å²) >= 11 is 0. The van der Waals surface area contributed by atoms with Gasteiger partial charge in [-0.15, -0.1) is 12.4 Å². The lowest BCUT2D eigenvalue weighted by Crippen LogP contribution is -2.39. The SMILES string of the molecule is Cl.NCCCCCCC(=O)N1CCCC(c2nc(-c3ccc(F)cc3)no2)C1. The first kappa shape index (κ1) is 22.3. The van der Waals surface area contributed by atoms with Crippen molar-refractivity contribution in [3.63, 3.8) is 0 Å². The average Bonchev–Trinajstić information content (AvgIpc) is 3.18. The Morgan fingerprint density at radius 1 is 1.21 bits per heavy atom. The van der Waals surface area contributed by atoms with E-state index in [1.807, 2.05) is 4.90 Å². The van der Waals surface area contributed by atoms with E-state index < -0.39 is 0 Å². The van der Waals surface area contributed by atoms with Gasteiger partial charge in [-0.1, -0.05) is 18.0 Å². The third-order valence-electron chi connectivity index (χ3n) is 5.01. The fourth-order valence-corrected chi connectivity index (χ4v) is 3.45. The zero-order chi connectivity index (χ0) is 19.1. The molecule has 1 aliphatic rings. The van der Waals surface area contributed by atoms with Crippen molar-refractivity contribution in [2.75, 3.05) is 19.6 Å². The second kappa shape index (κ2) is 11.1. The van der Waals surface area contributed by atoms with Gasteiger partial charge in [0.1, 0.15) is 5.82 Å². The van der Waals surface area contributed by atoms with Gasteiger partial charge in [-0.25, -0.2) is 4.39 Å². The Morgan fingerprint density at radius 3 is 2.71 bits per heavy atom. The molecule has 28 heavy (non-hydrogen) atoms. The molecule has 0 saturated carbocycles. The van der Waals surface area contributed by atoms with E-state index in [2.05, 4.69) is 10.1 Å². The van der Waals surface area contributed by atoms with Crippen molar-refractivity contribution in [3.05, 3.63) is 36.0 Å². The smallest absolute Gasteiger partial charge is 0.231 e. The third-order valence-corrected chi connectivity index (χ3v) is 5.01. The molecule has 0 radical (unpaired) electrons. The fraction of sp³-hybridized carbons (Fsp3) is 0.550. The normalized spacial score (nSPS) is 16.6. The van der Waals surface area contributed by atoms with E-state index in [1.165, 1.54) is 12.1 Å². The molecule has 1 amide bonds. The van der Waals surface area contributed by atoms with E-state index in [0.717, 1.165) is 45.1 Å². The minimum Gasteiger partial charge on any atom is -0.342 e. The Labute approximate surface area is 171 Å². The van der Waals surface area contributed by atoms with E-state index in [1.54, 1.807) is 12.1 Å². The van der Waals surface area contributed by atoms with Crippen LogP contribution in [0.2, 0.25) is 0 Å². The summed E-state index contributed by atoms with van der Waals surface area (Å²) in [5.41, 5.74) is 6.21. The van der Waals surface area contributed by atoms with Gasteiger partial charge < -0.3 is 15.2 Å². The minimum absolute atomic E-state index is 0. The standard InChI is InChI=1S/C20H27FN4O2.ClH/c21-17-10-8-15(9-11-17)19-23-20(27-24-19)16-6-5-13-25(14-16)18(26)7-3-1-2-4-12-22;/h8-11,16H,1-7,12-14,22H2;1H. The largest absolute Gasteiger partial charge is 0.342 e. The molecule has 3 rings (SSSR count). The number of halogens is 2. The van der Waals surface area contributed by atoms with Gasteiger partial charge in [-0.3, -0.25) is 4.79 Å². The number of aromatic nitrogens is 2. The van der Waals surface area contributed by atoms with Gasteiger partial charge in [-0.05, 0) is 56.5 Å². The summed E-state index contributed by atoms with van der Waals surface area (Å²) in [5.74, 6) is 0.961. The molecule has 2 heterocycles. The molecule has 2 aromatic rings. The molecule has 1 aromatic carbocycles. The highest BCUT2D eigenvalue weighted by atomic mass is 35.5. The second-order valence-electron chi connectivity index (χ2n) is 7.09. The highest BCUT2D eigenvalue weighted by Gasteiger charge is 2.28. The molecule has 1 aromatic heterocycles. The number of carbonyl (C=O) groups is 1. The van der Waals surface area contributed by atoms with Crippen molar-refractivity contribution in [2.45, 2.75) is 50.9 Å². The van der Waals surface area contributed by atoms with Crippen LogP contribution in [0.1, 0.15) is 56.8 Å². The molecular formula is C20H28ClFN4O2. The predicted molar refractivity (Wildman–Crippen MR) is 108 cm³/mol. The number of hydrogen-bond acceptors (Lipinski definition) is 5. The van der Waals surface area contributed by atoms with E-state index in [-0.39, 0.29) is 30.0 Å². The number of nitrogens with zero attached hydrogens (tertiary/aromatic N) is 3. The summed E-state index contributed by atoms with van der Waals surface area (Å²) in [7, 11) is 0. The van der Waals surface area contributed by atoms with Gasteiger partial charge in [0.2, 0.25) is 17.6 Å². The zero-order valence-corrected chi connectivity index (χ0v) is 16.8. The van der Waals surface area contributed by atoms with Crippen molar-refractivity contribution >= 4 is 18.3 Å². The topological polar surface area (TPSA) is 85.3 Å². The summed E-state index contributed by atoms with van der Waals surface area (Å²) in [6, 6.07) is 6.01. The molecule has 0 bridgehead atoms. The maximum absolute atomic E-state index is 13.1. The number of rotatable bonds is 8. The lowest BCUT2D eigenvalue weighted by atomic mass is 9.97. The summed E-state index contributed by atoms with van der Waals surface area (Å²) < 4.78 is 18.5. The summed E-state index contributed by atoms with van der Waals surface area (Å²) in [5, 5.41) is 4.02. The summed E-state index contributed by atoms with van der Waals surface area (Å²) in [4.78, 5) is 18.9. The Morgan fingerprint density at radius 2 is 1.96 bits per heavy atom. The molecule has 1 fully saturated rings. The van der Waals surface area contributed by atoms with Gasteiger partial charge in [0.15, 0.2) is 0 Å². The van der Waals surface area contributed by atoms with Crippen molar-refractivity contribution in [1.82, 2.24) is 15.0 Å². The number of hydrogen-bond donors (Lipinski definition) is 1. The summed E-state index contributed by atoms with van der Waals surface area (Å²) in [6.45, 7) is 2.12. The van der Waals surface area contributed by atoms with Crippen LogP contribution in [0.4, 0.5) is 4.39 Å². The molecule has 0 spiro atoms. The van der Waals surface area contributed by atoms with Crippen LogP contribution in [-0.4, -0.2) is 40.6 Å². The zero-order valence-electron chi connectivity index (χ0n) is 16.0. The van der Waals surface area contributed by atoms with Crippen molar-refractivity contribution in [3.8, 4) is 11.4 Å². The molecule has 8 heteroatoms. The van der Waals surface area contributed by atoms with Crippen LogP contribution in [0.15, 0.2) is 28.8 Å². The van der Waals surface area contributed by atoms with Gasteiger partial charge in [0.05, 0.1) is 5.92 Å². The quantitative estimate of drug-likeness (QED) is 0.667. The number of piperidine rings is 1. The Balaban J connectivity index is 0.00000280. The number of benzene rings is 1. The van der Waals surface area contributed by atoms with Crippen LogP contribution < -0.4 is 5.73 Å². The van der Waals surface area contributed by atoms with Crippen molar-refractivity contribution in [1.29, 1.82) is 0 Å². The molecule has 1 aliphatic heterocycles. The highest BCUT2D eigenvalue weighted by Crippen LogP contribution is 2.28. The monoisotopic (exact) mass is 410 g/mol. The van der Waals surface area contributed by atoms with Crippen molar-refractivity contribution < 1.29 is 13.7 Å². The lowest BCUT2D eigenvalue weighted by Gasteiger charge is -2.31. The first-order valence-electron chi connectivity index (χ1n) is 9.75. The number of unbranched alkanes of at least 4 members (excludes halogenated alkanes) is 3. The average molecular weight is 411 g/mol. The van der Waals surface area contributed by atoms with Gasteiger partial charge in [0.25, 0.3) is 0 Å². The molecule has 2 N–H and O–H groups in total. The molecule has 6 nitrogen and oxygen atoms in total. The maximum Gasteiger partial charge on any atom is 0.231 e. The number of likely N-dealkylation sites (tertiary alicyclic amines) is 1. The lowest BCUT2D eigenvalue weighted by molar-refractivity contribution is -0.132. The van der Waals surface area contributed by atoms with Crippen LogP contribution >= 0.6 is 12.4 Å². The Kier molecular flexibility index (Phi) is 8.86. The van der Waals surface area contributed by atoms with Crippen LogP contribution in [0, 0.1) is 5.82 Å². The van der Waals surface area contributed by atoms with Crippen LogP contribution in [0.3, 0.4) is 0 Å². The van der Waals surface area contributed by atoms with Crippen LogP contribution in [-0.2, 0) is 4.79 Å². The third kappa shape index (κ3) is 6.01. The number of nitrogens with two attached hydrogens (primary N) is 1. The minimum atomic E-state index is -0.299. The maximum atomic E-state index is 13.1. The van der Waals surface area contributed by atoms with Crippen LogP contribution in [0.25, 0.3) is 11.4 Å². The Bertz CT molecular complexity index is 738. The molecular weight excluding hydrogens is 383 g/mol. The van der Waals surface area contributed by atoms with Crippen LogP contribution in [0.5, 0.6) is 0 Å². The fourth-order valence-electron chi connectivity index (χ4n) is 3.45. The molecule has 1 saturated heterocycles. The number of amides is 1. The Hall–Kier alpha value is -1.99. The van der Waals surface area contributed by atoms with E-state index in [0.29, 0.717) is 36.8 Å². The molecule has 154 valence electrons. The van der Waals surface area contributed by atoms with Crippen molar-refractivity contribution in [2.24, 2.45) is 5.73 Å². The van der Waals surface area contributed by atoms with E-state index in [9.17, 15) is 9.18 Å². The van der Waals surface area contributed by atoms with E-state index >= 15 is 0 Å². The van der Waals surface area contributed by atoms with E-state index in [4.69, 9.17) is 10.3 Å². The number of carbonyl (C=O) groups excluding carboxylic acids is 1. The molecule has 0 aliphatic carbocycles. The van der Waals surface area contributed by atoms with Gasteiger partial charge >= 0.3 is 0 Å².